The Morgan fingerprint density at radius 1 is 1.33 bits per heavy atom. The van der Waals surface area contributed by atoms with Crippen LogP contribution < -0.4 is 10.5 Å². The van der Waals surface area contributed by atoms with Gasteiger partial charge in [-0.3, -0.25) is 9.78 Å². The number of fused-ring (bicyclic) bond motifs is 1. The summed E-state index contributed by atoms with van der Waals surface area (Å²) in [5.41, 5.74) is 5.84. The van der Waals surface area contributed by atoms with E-state index in [1.54, 1.807) is 12.3 Å². The number of nitrogens with zero attached hydrogens (tertiary/aromatic N) is 1. The molecule has 0 spiro atoms. The van der Waals surface area contributed by atoms with Crippen molar-refractivity contribution in [1.29, 1.82) is 0 Å². The number of hydrogen-bond donors (Lipinski definition) is 1. The van der Waals surface area contributed by atoms with E-state index in [0.717, 1.165) is 10.9 Å². The Balaban J connectivity index is 2.38. The molecule has 1 aromatic heterocycles. The molecule has 2 N–H and O–H groups in total. The molecule has 4 nitrogen and oxygen atoms in total. The van der Waals surface area contributed by atoms with Crippen LogP contribution in [-0.4, -0.2) is 17.5 Å². The van der Waals surface area contributed by atoms with Crippen molar-refractivity contribution in [3.63, 3.8) is 0 Å². The number of pyridine rings is 1. The summed E-state index contributed by atoms with van der Waals surface area (Å²) < 4.78 is 5.27. The molecule has 0 radical (unpaired) electrons. The molecule has 15 heavy (non-hydrogen) atoms. The van der Waals surface area contributed by atoms with Crippen molar-refractivity contribution < 1.29 is 9.53 Å². The summed E-state index contributed by atoms with van der Waals surface area (Å²) in [6.45, 7) is -0.117. The van der Waals surface area contributed by atoms with Crippen molar-refractivity contribution in [3.8, 4) is 5.75 Å². The van der Waals surface area contributed by atoms with E-state index in [1.807, 2.05) is 24.3 Å². The minimum atomic E-state index is -0.490. The average molecular weight is 202 g/mol. The maximum Gasteiger partial charge on any atom is 0.255 e. The summed E-state index contributed by atoms with van der Waals surface area (Å²) in [5, 5.41) is 0.876. The number of nitrogens with two attached hydrogens (primary N) is 1. The van der Waals surface area contributed by atoms with Gasteiger partial charge in [0.1, 0.15) is 5.75 Å². The van der Waals surface area contributed by atoms with E-state index < -0.39 is 5.91 Å². The number of para-hydroxylation sites is 1. The first kappa shape index (κ1) is 9.45. The zero-order chi connectivity index (χ0) is 10.7. The molecular formula is C11H10N2O2. The molecule has 0 saturated heterocycles. The number of carbonyl (C=O) groups excluding carboxylic acids is 1. The molecule has 0 bridgehead atoms. The third-order valence-electron chi connectivity index (χ3n) is 1.98. The van der Waals surface area contributed by atoms with Crippen LogP contribution in [0.25, 0.3) is 10.9 Å². The highest BCUT2D eigenvalue weighted by molar-refractivity contribution is 5.85. The highest BCUT2D eigenvalue weighted by Gasteiger charge is 2.03. The van der Waals surface area contributed by atoms with Crippen LogP contribution >= 0.6 is 0 Å². The molecular weight excluding hydrogens is 192 g/mol. The summed E-state index contributed by atoms with van der Waals surface area (Å²) in [4.78, 5) is 14.8. The Labute approximate surface area is 86.7 Å². The molecule has 2 aromatic rings. The number of hydrogen-bond acceptors (Lipinski definition) is 3. The van der Waals surface area contributed by atoms with E-state index in [-0.39, 0.29) is 6.61 Å². The molecule has 2 rings (SSSR count). The first-order valence-corrected chi connectivity index (χ1v) is 4.52. The lowest BCUT2D eigenvalue weighted by molar-refractivity contribution is -0.119. The fraction of sp³-hybridized carbons (Fsp3) is 0.0909. The van der Waals surface area contributed by atoms with Crippen molar-refractivity contribution >= 4 is 16.8 Å². The molecule has 0 unspecified atom stereocenters. The van der Waals surface area contributed by atoms with Crippen molar-refractivity contribution in [3.05, 3.63) is 36.5 Å². The Bertz CT molecular complexity index is 491. The Morgan fingerprint density at radius 3 is 2.93 bits per heavy atom. The summed E-state index contributed by atoms with van der Waals surface area (Å²) in [5.74, 6) is 0.135. The maximum absolute atomic E-state index is 10.6. The van der Waals surface area contributed by atoms with Gasteiger partial charge in [-0.25, -0.2) is 0 Å². The van der Waals surface area contributed by atoms with Crippen LogP contribution in [0.4, 0.5) is 0 Å². The molecule has 0 aliphatic carbocycles. The lowest BCUT2D eigenvalue weighted by Gasteiger charge is -2.06. The van der Waals surface area contributed by atoms with E-state index in [0.29, 0.717) is 5.75 Å². The number of amides is 1. The van der Waals surface area contributed by atoms with E-state index in [2.05, 4.69) is 4.98 Å². The highest BCUT2D eigenvalue weighted by atomic mass is 16.5. The number of ether oxygens (including phenoxy) is 1. The zero-order valence-electron chi connectivity index (χ0n) is 8.01. The Kier molecular flexibility index (Phi) is 2.49. The predicted molar refractivity (Wildman–Crippen MR) is 56.4 cm³/mol. The first-order valence-electron chi connectivity index (χ1n) is 4.52. The van der Waals surface area contributed by atoms with Gasteiger partial charge in [-0.1, -0.05) is 12.1 Å². The van der Waals surface area contributed by atoms with Gasteiger partial charge in [0, 0.05) is 11.6 Å². The third kappa shape index (κ3) is 2.04. The van der Waals surface area contributed by atoms with Crippen molar-refractivity contribution in [2.75, 3.05) is 6.61 Å². The summed E-state index contributed by atoms with van der Waals surface area (Å²) in [6, 6.07) is 9.27. The van der Waals surface area contributed by atoms with Crippen LogP contribution in [0.15, 0.2) is 36.5 Å². The quantitative estimate of drug-likeness (QED) is 0.810. The average Bonchev–Trinajstić information content (AvgIpc) is 2.26. The van der Waals surface area contributed by atoms with Crippen LogP contribution in [0.1, 0.15) is 0 Å². The molecule has 0 aliphatic heterocycles. The molecule has 1 amide bonds. The van der Waals surface area contributed by atoms with Crippen LogP contribution in [0.2, 0.25) is 0 Å². The van der Waals surface area contributed by atoms with E-state index in [9.17, 15) is 4.79 Å². The molecule has 0 atom stereocenters. The van der Waals surface area contributed by atoms with Crippen LogP contribution in [0.3, 0.4) is 0 Å². The summed E-state index contributed by atoms with van der Waals surface area (Å²) in [7, 11) is 0. The second-order valence-electron chi connectivity index (χ2n) is 3.08. The molecule has 1 aromatic carbocycles. The number of carbonyl (C=O) groups is 1. The Morgan fingerprint density at radius 2 is 2.13 bits per heavy atom. The molecule has 76 valence electrons. The van der Waals surface area contributed by atoms with Crippen molar-refractivity contribution in [2.24, 2.45) is 5.73 Å². The van der Waals surface area contributed by atoms with E-state index in [1.165, 1.54) is 0 Å². The maximum atomic E-state index is 10.6. The molecule has 0 fully saturated rings. The normalized spacial score (nSPS) is 10.1. The molecule has 4 heteroatoms. The fourth-order valence-electron chi connectivity index (χ4n) is 1.34. The van der Waals surface area contributed by atoms with Gasteiger partial charge in [0.25, 0.3) is 5.91 Å². The van der Waals surface area contributed by atoms with Gasteiger partial charge < -0.3 is 10.5 Å². The lowest BCUT2D eigenvalue weighted by atomic mass is 10.2. The monoisotopic (exact) mass is 202 g/mol. The second-order valence-corrected chi connectivity index (χ2v) is 3.08. The SMILES string of the molecule is NC(=O)COc1ccnc2ccccc12. The van der Waals surface area contributed by atoms with Gasteiger partial charge in [-0.05, 0) is 18.2 Å². The molecule has 1 heterocycles. The van der Waals surface area contributed by atoms with E-state index >= 15 is 0 Å². The largest absolute Gasteiger partial charge is 0.483 e. The Hall–Kier alpha value is -2.10. The fourth-order valence-corrected chi connectivity index (χ4v) is 1.34. The second kappa shape index (κ2) is 3.96. The van der Waals surface area contributed by atoms with Gasteiger partial charge in [-0.2, -0.15) is 0 Å². The number of rotatable bonds is 3. The topological polar surface area (TPSA) is 65.2 Å². The number of aromatic nitrogens is 1. The van der Waals surface area contributed by atoms with Crippen LogP contribution in [0.5, 0.6) is 5.75 Å². The van der Waals surface area contributed by atoms with E-state index in [4.69, 9.17) is 10.5 Å². The van der Waals surface area contributed by atoms with Gasteiger partial charge >= 0.3 is 0 Å². The van der Waals surface area contributed by atoms with Crippen molar-refractivity contribution in [1.82, 2.24) is 4.98 Å². The summed E-state index contributed by atoms with van der Waals surface area (Å²) >= 11 is 0. The predicted octanol–water partition coefficient (Wildman–Crippen LogP) is 1.10. The third-order valence-corrected chi connectivity index (χ3v) is 1.98. The lowest BCUT2D eigenvalue weighted by Crippen LogP contribution is -2.20. The zero-order valence-corrected chi connectivity index (χ0v) is 8.01. The smallest absolute Gasteiger partial charge is 0.255 e. The molecule has 0 saturated carbocycles. The van der Waals surface area contributed by atoms with Crippen molar-refractivity contribution in [2.45, 2.75) is 0 Å². The summed E-state index contributed by atoms with van der Waals surface area (Å²) in [6.07, 6.45) is 1.64. The first-order chi connectivity index (χ1) is 7.27. The van der Waals surface area contributed by atoms with Gasteiger partial charge in [0.15, 0.2) is 6.61 Å². The standard InChI is InChI=1S/C11H10N2O2/c12-11(14)7-15-10-5-6-13-9-4-2-1-3-8(9)10/h1-6H,7H2,(H2,12,14). The number of benzene rings is 1. The minimum absolute atomic E-state index is 0.117. The van der Waals surface area contributed by atoms with Crippen LogP contribution in [0, 0.1) is 0 Å². The van der Waals surface area contributed by atoms with Gasteiger partial charge in [0.2, 0.25) is 0 Å². The van der Waals surface area contributed by atoms with Gasteiger partial charge in [-0.15, -0.1) is 0 Å². The molecule has 0 aliphatic rings. The van der Waals surface area contributed by atoms with Crippen LogP contribution in [-0.2, 0) is 4.79 Å². The highest BCUT2D eigenvalue weighted by Crippen LogP contribution is 2.22. The minimum Gasteiger partial charge on any atom is -0.483 e. The van der Waals surface area contributed by atoms with Gasteiger partial charge in [0.05, 0.1) is 5.52 Å². The number of primary amides is 1.